The molecule has 0 bridgehead atoms. The number of nitrogens with zero attached hydrogens (tertiary/aromatic N) is 2. The molecule has 2 heterocycles. The smallest absolute Gasteiger partial charge is 0.404 e. The van der Waals surface area contributed by atoms with Crippen molar-refractivity contribution in [2.75, 3.05) is 18.1 Å². The van der Waals surface area contributed by atoms with Crippen LogP contribution in [0.3, 0.4) is 0 Å². The predicted molar refractivity (Wildman–Crippen MR) is 150 cm³/mol. The fourth-order valence-corrected chi connectivity index (χ4v) is 4.51. The number of rotatable bonds is 9. The molecule has 2 aromatic heterocycles. The minimum absolute atomic E-state index is 0.0521. The van der Waals surface area contributed by atoms with Crippen LogP contribution in [0.5, 0.6) is 0 Å². The first kappa shape index (κ1) is 29.2. The second kappa shape index (κ2) is 12.1. The Bertz CT molecular complexity index is 1810. The molecule has 0 saturated heterocycles. The lowest BCUT2D eigenvalue weighted by atomic mass is 10.0. The zero-order chi connectivity index (χ0) is 29.7. The second-order valence-corrected chi connectivity index (χ2v) is 11.2. The van der Waals surface area contributed by atoms with Gasteiger partial charge in [-0.05, 0) is 36.2 Å². The van der Waals surface area contributed by atoms with E-state index in [9.17, 15) is 27.6 Å². The summed E-state index contributed by atoms with van der Waals surface area (Å²) in [5.41, 5.74) is -0.265. The maximum absolute atomic E-state index is 13.1. The van der Waals surface area contributed by atoms with E-state index in [-0.39, 0.29) is 45.8 Å². The minimum Gasteiger partial charge on any atom is -0.465 e. The van der Waals surface area contributed by atoms with Crippen molar-refractivity contribution in [1.82, 2.24) is 25.6 Å². The molecular formula is C26H23ClN6O7S. The molecule has 41 heavy (non-hydrogen) atoms. The van der Waals surface area contributed by atoms with Crippen LogP contribution in [0.25, 0.3) is 11.0 Å². The number of halogens is 1. The number of anilines is 1. The van der Waals surface area contributed by atoms with Crippen molar-refractivity contribution in [3.63, 3.8) is 0 Å². The van der Waals surface area contributed by atoms with E-state index in [1.807, 2.05) is 6.07 Å². The molecule has 0 aliphatic heterocycles. The molecule has 13 nitrogen and oxygen atoms in total. The molecule has 0 fully saturated rings. The zero-order valence-corrected chi connectivity index (χ0v) is 22.9. The number of fused-ring (bicyclic) bond motifs is 1. The highest BCUT2D eigenvalue weighted by molar-refractivity contribution is 7.90. The van der Waals surface area contributed by atoms with Gasteiger partial charge in [-0.1, -0.05) is 41.9 Å². The van der Waals surface area contributed by atoms with Crippen LogP contribution >= 0.6 is 11.6 Å². The van der Waals surface area contributed by atoms with E-state index in [0.717, 1.165) is 11.8 Å². The third-order valence-electron chi connectivity index (χ3n) is 5.84. The topological polar surface area (TPSA) is 200 Å². The van der Waals surface area contributed by atoms with Gasteiger partial charge in [-0.25, -0.2) is 23.2 Å². The van der Waals surface area contributed by atoms with Crippen LogP contribution in [-0.2, 0) is 9.84 Å². The highest BCUT2D eigenvalue weighted by atomic mass is 35.5. The molecule has 2 aromatic carbocycles. The number of aromatic amines is 1. The lowest BCUT2D eigenvalue weighted by molar-refractivity contribution is 0.0933. The summed E-state index contributed by atoms with van der Waals surface area (Å²) in [6, 6.07) is 13.9. The first-order valence-electron chi connectivity index (χ1n) is 12.0. The molecule has 5 N–H and O–H groups in total. The average molecular weight is 599 g/mol. The van der Waals surface area contributed by atoms with Crippen LogP contribution in [0.1, 0.15) is 38.7 Å². The Kier molecular flexibility index (Phi) is 8.64. The fourth-order valence-electron chi connectivity index (χ4n) is 3.85. The number of carbonyl (C=O) groups is 3. The summed E-state index contributed by atoms with van der Waals surface area (Å²) >= 11 is 6.25. The maximum Gasteiger partial charge on any atom is 0.404 e. The van der Waals surface area contributed by atoms with Gasteiger partial charge in [0.15, 0.2) is 0 Å². The van der Waals surface area contributed by atoms with E-state index in [4.69, 9.17) is 16.7 Å². The number of hydrogen-bond donors (Lipinski definition) is 5. The third-order valence-corrected chi connectivity index (χ3v) is 7.03. The number of amides is 3. The van der Waals surface area contributed by atoms with Crippen molar-refractivity contribution in [2.24, 2.45) is 0 Å². The van der Waals surface area contributed by atoms with Gasteiger partial charge in [0.1, 0.15) is 11.2 Å². The first-order chi connectivity index (χ1) is 19.4. The maximum atomic E-state index is 13.1. The summed E-state index contributed by atoms with van der Waals surface area (Å²) in [6.45, 7) is 0.0953. The van der Waals surface area contributed by atoms with Gasteiger partial charge in [0.25, 0.3) is 17.4 Å². The second-order valence-electron chi connectivity index (χ2n) is 8.85. The van der Waals surface area contributed by atoms with Crippen LogP contribution in [0, 0.1) is 0 Å². The van der Waals surface area contributed by atoms with Crippen molar-refractivity contribution < 1.29 is 27.9 Å². The van der Waals surface area contributed by atoms with Crippen LogP contribution in [0.2, 0.25) is 5.02 Å². The third kappa shape index (κ3) is 7.23. The summed E-state index contributed by atoms with van der Waals surface area (Å²) in [4.78, 5) is 59.5. The zero-order valence-electron chi connectivity index (χ0n) is 21.3. The highest BCUT2D eigenvalue weighted by Crippen LogP contribution is 2.25. The Hall–Kier alpha value is -4.82. The summed E-state index contributed by atoms with van der Waals surface area (Å²) in [5.74, 6) is -1.36. The number of hydrogen-bond acceptors (Lipinski definition) is 8. The number of aromatic nitrogens is 3. The Morgan fingerprint density at radius 2 is 1.80 bits per heavy atom. The lowest BCUT2D eigenvalue weighted by Gasteiger charge is -2.20. The number of carboxylic acid groups (broad SMARTS) is 1. The van der Waals surface area contributed by atoms with Crippen LogP contribution in [-0.4, -0.2) is 59.2 Å². The number of sulfone groups is 1. The molecule has 15 heteroatoms. The molecule has 0 radical (unpaired) electrons. The molecule has 1 atom stereocenters. The summed E-state index contributed by atoms with van der Waals surface area (Å²) in [7, 11) is -3.72. The van der Waals surface area contributed by atoms with Crippen LogP contribution in [0.4, 0.5) is 10.5 Å². The van der Waals surface area contributed by atoms with Gasteiger partial charge in [0, 0.05) is 29.9 Å². The molecule has 0 aliphatic carbocycles. The van der Waals surface area contributed by atoms with E-state index in [1.54, 1.807) is 24.3 Å². The van der Waals surface area contributed by atoms with Gasteiger partial charge < -0.3 is 26.0 Å². The standard InChI is InChI=1S/C26H23ClN6O7S/c1-41(39,40)25-29-13-16-11-17(24(36)32-21(16)33-25)23(35)31-20-12-15(7-8-18(20)27)22(34)30-19(9-10-28-26(37)38)14-5-3-2-4-6-14/h2-8,11-13,19,28H,9-10H2,1H3,(H,30,34)(H,31,35)(H,37,38)(H,29,32,33,36). The van der Waals surface area contributed by atoms with Crippen LogP contribution < -0.4 is 21.5 Å². The lowest BCUT2D eigenvalue weighted by Crippen LogP contribution is -2.32. The first-order valence-corrected chi connectivity index (χ1v) is 14.2. The number of carbonyl (C=O) groups excluding carboxylic acids is 2. The SMILES string of the molecule is CS(=O)(=O)c1ncc2cc(C(=O)Nc3cc(C(=O)NC(CCNC(=O)O)c4ccccc4)ccc3Cl)c(=O)[nH]c2n1. The average Bonchev–Trinajstić information content (AvgIpc) is 2.92. The molecule has 1 unspecified atom stereocenters. The van der Waals surface area contributed by atoms with Gasteiger partial charge in [-0.15, -0.1) is 0 Å². The van der Waals surface area contributed by atoms with E-state index in [2.05, 4.69) is 30.9 Å². The quantitative estimate of drug-likeness (QED) is 0.180. The minimum atomic E-state index is -3.72. The predicted octanol–water partition coefficient (Wildman–Crippen LogP) is 2.76. The molecule has 3 amide bonds. The van der Waals surface area contributed by atoms with Crippen molar-refractivity contribution in [1.29, 1.82) is 0 Å². The number of nitrogens with one attached hydrogen (secondary N) is 4. The largest absolute Gasteiger partial charge is 0.465 e. The molecular weight excluding hydrogens is 576 g/mol. The number of benzene rings is 2. The highest BCUT2D eigenvalue weighted by Gasteiger charge is 2.20. The Labute approximate surface area is 237 Å². The number of H-pyrrole nitrogens is 1. The van der Waals surface area contributed by atoms with Gasteiger partial charge >= 0.3 is 6.09 Å². The Morgan fingerprint density at radius 1 is 1.07 bits per heavy atom. The molecule has 0 spiro atoms. The number of pyridine rings is 1. The van der Waals surface area contributed by atoms with Gasteiger partial charge in [-0.2, -0.15) is 0 Å². The van der Waals surface area contributed by atoms with E-state index < -0.39 is 44.5 Å². The molecule has 0 aliphatic rings. The molecule has 4 aromatic rings. The van der Waals surface area contributed by atoms with E-state index in [0.29, 0.717) is 0 Å². The van der Waals surface area contributed by atoms with Crippen molar-refractivity contribution in [3.05, 3.63) is 92.9 Å². The van der Waals surface area contributed by atoms with E-state index in [1.165, 1.54) is 30.5 Å². The van der Waals surface area contributed by atoms with Crippen molar-refractivity contribution in [2.45, 2.75) is 17.6 Å². The molecule has 212 valence electrons. The van der Waals surface area contributed by atoms with Crippen molar-refractivity contribution in [3.8, 4) is 0 Å². The fraction of sp³-hybridized carbons (Fsp3) is 0.154. The van der Waals surface area contributed by atoms with E-state index >= 15 is 0 Å². The summed E-state index contributed by atoms with van der Waals surface area (Å²) in [6.07, 6.45) is 1.18. The summed E-state index contributed by atoms with van der Waals surface area (Å²) in [5, 5.41) is 16.4. The summed E-state index contributed by atoms with van der Waals surface area (Å²) < 4.78 is 23.4. The van der Waals surface area contributed by atoms with Crippen molar-refractivity contribution >= 4 is 56.1 Å². The Morgan fingerprint density at radius 3 is 2.49 bits per heavy atom. The molecule has 0 saturated carbocycles. The Balaban J connectivity index is 1.55. The normalized spacial score (nSPS) is 12.0. The van der Waals surface area contributed by atoms with Crippen LogP contribution in [0.15, 0.2) is 70.7 Å². The van der Waals surface area contributed by atoms with Gasteiger partial charge in [0.2, 0.25) is 15.0 Å². The molecule has 4 rings (SSSR count). The van der Waals surface area contributed by atoms with Gasteiger partial charge in [-0.3, -0.25) is 14.4 Å². The monoisotopic (exact) mass is 598 g/mol. The van der Waals surface area contributed by atoms with Gasteiger partial charge in [0.05, 0.1) is 16.8 Å².